The van der Waals surface area contributed by atoms with Gasteiger partial charge in [0.05, 0.1) is 0 Å². The maximum absolute atomic E-state index is 9.25. The number of hydrogen-bond acceptors (Lipinski definition) is 3. The first-order valence-corrected chi connectivity index (χ1v) is 6.40. The molecule has 0 aliphatic heterocycles. The van der Waals surface area contributed by atoms with E-state index in [0.29, 0.717) is 5.95 Å². The first-order chi connectivity index (χ1) is 9.11. The summed E-state index contributed by atoms with van der Waals surface area (Å²) in [5, 5.41) is 7.60. The molecule has 2 rings (SSSR count). The highest BCUT2D eigenvalue weighted by Crippen LogP contribution is 2.25. The lowest BCUT2D eigenvalue weighted by Crippen LogP contribution is -1.95. The highest BCUT2D eigenvalue weighted by molar-refractivity contribution is 5.78. The predicted molar refractivity (Wildman–Crippen MR) is 73.0 cm³/mol. The molecule has 0 spiro atoms. The van der Waals surface area contributed by atoms with Gasteiger partial charge in [0.15, 0.2) is 0 Å². The number of ether oxygens (including phenoxy) is 2. The molecular weight excluding hydrogens is 244 g/mol. The predicted octanol–water partition coefficient (Wildman–Crippen LogP) is 3.88. The number of carbonyl (C=O) groups is 1. The Morgan fingerprint density at radius 1 is 1.16 bits per heavy atom. The molecule has 0 unspecified atom stereocenters. The fourth-order valence-electron chi connectivity index (χ4n) is 1.78. The van der Waals surface area contributed by atoms with Crippen LogP contribution in [-0.4, -0.2) is 11.1 Å². The van der Waals surface area contributed by atoms with Gasteiger partial charge in [-0.05, 0) is 44.4 Å². The van der Waals surface area contributed by atoms with E-state index < -0.39 is 5.97 Å². The lowest BCUT2D eigenvalue weighted by atomic mass is 10.4. The zero-order valence-electron chi connectivity index (χ0n) is 11.1. The van der Waals surface area contributed by atoms with E-state index in [1.165, 1.54) is 12.8 Å². The molecule has 0 aromatic rings. The van der Waals surface area contributed by atoms with Gasteiger partial charge >= 0.3 is 5.97 Å². The van der Waals surface area contributed by atoms with Crippen LogP contribution < -0.4 is 0 Å². The van der Waals surface area contributed by atoms with E-state index in [-0.39, 0.29) is 0 Å². The molecule has 4 heteroatoms. The number of allylic oxidation sites excluding steroid dienone is 4. The third-order valence-electron chi connectivity index (χ3n) is 2.66. The van der Waals surface area contributed by atoms with Crippen LogP contribution in [0.25, 0.3) is 0 Å². The number of aliphatic carboxylic acids is 1. The van der Waals surface area contributed by atoms with Gasteiger partial charge in [0.25, 0.3) is 5.95 Å². The van der Waals surface area contributed by atoms with Crippen LogP contribution in [0.3, 0.4) is 0 Å². The van der Waals surface area contributed by atoms with Gasteiger partial charge in [0.1, 0.15) is 11.5 Å². The summed E-state index contributed by atoms with van der Waals surface area (Å²) >= 11 is 0. The van der Waals surface area contributed by atoms with Crippen LogP contribution in [0.1, 0.15) is 38.5 Å². The van der Waals surface area contributed by atoms with Crippen molar-refractivity contribution in [2.24, 2.45) is 0 Å². The Kier molecular flexibility index (Phi) is 6.50. The summed E-state index contributed by atoms with van der Waals surface area (Å²) in [4.78, 5) is 9.25. The van der Waals surface area contributed by atoms with Crippen LogP contribution in [-0.2, 0) is 14.3 Å². The lowest BCUT2D eigenvalue weighted by Gasteiger charge is -2.10. The van der Waals surface area contributed by atoms with E-state index >= 15 is 0 Å². The van der Waals surface area contributed by atoms with Crippen molar-refractivity contribution in [1.82, 2.24) is 0 Å². The third kappa shape index (κ3) is 6.50. The molecule has 19 heavy (non-hydrogen) atoms. The minimum absolute atomic E-state index is 0.423. The molecule has 2 aliphatic carbocycles. The molecule has 0 heterocycles. The van der Waals surface area contributed by atoms with Crippen molar-refractivity contribution in [2.45, 2.75) is 38.5 Å². The van der Waals surface area contributed by atoms with Crippen LogP contribution >= 0.6 is 0 Å². The van der Waals surface area contributed by atoms with Crippen LogP contribution in [0.15, 0.2) is 48.8 Å². The normalized spacial score (nSPS) is 16.6. The van der Waals surface area contributed by atoms with Crippen molar-refractivity contribution in [3.8, 4) is 0 Å². The van der Waals surface area contributed by atoms with Gasteiger partial charge in [-0.3, -0.25) is 0 Å². The van der Waals surface area contributed by atoms with Crippen molar-refractivity contribution in [2.75, 3.05) is 0 Å². The molecule has 0 aromatic carbocycles. The summed E-state index contributed by atoms with van der Waals surface area (Å²) in [6.45, 7) is 6.72. The molecule has 0 radical (unpaired) electrons. The maximum atomic E-state index is 9.25. The van der Waals surface area contributed by atoms with Crippen LogP contribution in [0.4, 0.5) is 0 Å². The van der Waals surface area contributed by atoms with Gasteiger partial charge in [0.2, 0.25) is 0 Å². The number of carboxylic acids is 1. The molecule has 0 bridgehead atoms. The lowest BCUT2D eigenvalue weighted by molar-refractivity contribution is -0.131. The van der Waals surface area contributed by atoms with Crippen LogP contribution in [0, 0.1) is 0 Å². The second kappa shape index (κ2) is 8.19. The molecule has 0 saturated carbocycles. The molecule has 0 amide bonds. The van der Waals surface area contributed by atoms with E-state index in [2.05, 4.69) is 25.3 Å². The zero-order chi connectivity index (χ0) is 14.1. The largest absolute Gasteiger partial charge is 0.478 e. The van der Waals surface area contributed by atoms with E-state index in [0.717, 1.165) is 43.3 Å². The standard InChI is InChI=1S/C12H16O2.C3H4O2/c1-10(13-11-6-2-3-7-11)14-12-8-4-5-9-12;1-2-3(4)5/h6,8H,1-5,7,9H2;2H,1H2,(H,4,5). The molecular formula is C15H20O4. The van der Waals surface area contributed by atoms with Crippen molar-refractivity contribution >= 4 is 5.97 Å². The summed E-state index contributed by atoms with van der Waals surface area (Å²) in [5.74, 6) is 1.46. The van der Waals surface area contributed by atoms with Gasteiger partial charge in [-0.1, -0.05) is 6.58 Å². The summed E-state index contributed by atoms with van der Waals surface area (Å²) in [6.07, 6.45) is 11.7. The van der Waals surface area contributed by atoms with Crippen LogP contribution in [0.2, 0.25) is 0 Å². The number of hydrogen-bond donors (Lipinski definition) is 1. The van der Waals surface area contributed by atoms with Crippen molar-refractivity contribution in [1.29, 1.82) is 0 Å². The summed E-state index contributed by atoms with van der Waals surface area (Å²) < 4.78 is 11.0. The first-order valence-electron chi connectivity index (χ1n) is 6.40. The quantitative estimate of drug-likeness (QED) is 0.604. The Labute approximate surface area is 113 Å². The number of rotatable bonds is 5. The van der Waals surface area contributed by atoms with Gasteiger partial charge in [-0.2, -0.15) is 0 Å². The van der Waals surface area contributed by atoms with Crippen LogP contribution in [0.5, 0.6) is 0 Å². The molecule has 0 saturated heterocycles. The van der Waals surface area contributed by atoms with Crippen molar-refractivity contribution in [3.63, 3.8) is 0 Å². The minimum Gasteiger partial charge on any atom is -0.478 e. The Morgan fingerprint density at radius 3 is 1.84 bits per heavy atom. The maximum Gasteiger partial charge on any atom is 0.327 e. The Balaban J connectivity index is 0.000000312. The second-order valence-corrected chi connectivity index (χ2v) is 4.24. The Morgan fingerprint density at radius 2 is 1.58 bits per heavy atom. The van der Waals surface area contributed by atoms with Crippen molar-refractivity contribution < 1.29 is 19.4 Å². The topological polar surface area (TPSA) is 55.8 Å². The summed E-state index contributed by atoms with van der Waals surface area (Å²) in [6, 6.07) is 0. The smallest absolute Gasteiger partial charge is 0.327 e. The molecule has 104 valence electrons. The molecule has 1 N–H and O–H groups in total. The molecule has 0 fully saturated rings. The molecule has 0 aromatic heterocycles. The third-order valence-corrected chi connectivity index (χ3v) is 2.66. The van der Waals surface area contributed by atoms with Gasteiger partial charge < -0.3 is 14.6 Å². The average Bonchev–Trinajstić information content (AvgIpc) is 3.03. The Bertz CT molecular complexity index is 376. The highest BCUT2D eigenvalue weighted by Gasteiger charge is 2.11. The second-order valence-electron chi connectivity index (χ2n) is 4.24. The van der Waals surface area contributed by atoms with E-state index in [1.807, 2.05) is 0 Å². The van der Waals surface area contributed by atoms with E-state index in [4.69, 9.17) is 14.6 Å². The highest BCUT2D eigenvalue weighted by atomic mass is 16.7. The monoisotopic (exact) mass is 264 g/mol. The zero-order valence-corrected chi connectivity index (χ0v) is 11.1. The van der Waals surface area contributed by atoms with Crippen molar-refractivity contribution in [3.05, 3.63) is 48.8 Å². The average molecular weight is 264 g/mol. The summed E-state index contributed by atoms with van der Waals surface area (Å²) in [7, 11) is 0. The van der Waals surface area contributed by atoms with E-state index in [1.54, 1.807) is 0 Å². The fraction of sp³-hybridized carbons (Fsp3) is 0.400. The molecule has 4 nitrogen and oxygen atoms in total. The van der Waals surface area contributed by atoms with Gasteiger partial charge in [-0.15, -0.1) is 0 Å². The minimum atomic E-state index is -0.981. The molecule has 2 aliphatic rings. The SMILES string of the molecule is C=C(OC1=CCCC1)OC1=CCCC1.C=CC(=O)O. The van der Waals surface area contributed by atoms with Gasteiger partial charge in [0, 0.05) is 18.9 Å². The van der Waals surface area contributed by atoms with E-state index in [9.17, 15) is 4.79 Å². The number of carboxylic acid groups (broad SMARTS) is 1. The first kappa shape index (κ1) is 15.1. The summed E-state index contributed by atoms with van der Waals surface area (Å²) in [5.41, 5.74) is 0. The fourth-order valence-corrected chi connectivity index (χ4v) is 1.78. The van der Waals surface area contributed by atoms with Gasteiger partial charge in [-0.25, -0.2) is 4.79 Å². The Hall–Kier alpha value is -1.97. The molecule has 0 atom stereocenters.